The van der Waals surface area contributed by atoms with Crippen LogP contribution >= 0.6 is 23.4 Å². The zero-order valence-electron chi connectivity index (χ0n) is 17.3. The predicted octanol–water partition coefficient (Wildman–Crippen LogP) is 5.48. The largest absolute Gasteiger partial charge is 0.493 e. The van der Waals surface area contributed by atoms with E-state index in [1.807, 2.05) is 0 Å². The lowest BCUT2D eigenvalue weighted by atomic mass is 10.2. The molecule has 2 amide bonds. The van der Waals surface area contributed by atoms with Crippen LogP contribution in [0.25, 0.3) is 0 Å². The van der Waals surface area contributed by atoms with Crippen molar-refractivity contribution in [2.24, 2.45) is 0 Å². The van der Waals surface area contributed by atoms with E-state index in [9.17, 15) is 14.0 Å². The van der Waals surface area contributed by atoms with Crippen molar-refractivity contribution < 1.29 is 23.5 Å². The van der Waals surface area contributed by atoms with Gasteiger partial charge >= 0.3 is 0 Å². The smallest absolute Gasteiger partial charge is 0.256 e. The molecule has 3 aromatic carbocycles. The second kappa shape index (κ2) is 10.9. The molecule has 6 nitrogen and oxygen atoms in total. The topological polar surface area (TPSA) is 76.7 Å². The van der Waals surface area contributed by atoms with Crippen LogP contribution in [0.15, 0.2) is 65.6 Å². The number of anilines is 2. The zero-order valence-corrected chi connectivity index (χ0v) is 18.9. The van der Waals surface area contributed by atoms with Gasteiger partial charge in [0.2, 0.25) is 5.91 Å². The number of rotatable bonds is 8. The fourth-order valence-electron chi connectivity index (χ4n) is 2.81. The molecule has 0 radical (unpaired) electrons. The monoisotopic (exact) mass is 474 g/mol. The molecular formula is C23H20ClFN2O4S. The van der Waals surface area contributed by atoms with Gasteiger partial charge in [-0.2, -0.15) is 0 Å². The molecule has 166 valence electrons. The van der Waals surface area contributed by atoms with Gasteiger partial charge < -0.3 is 20.1 Å². The molecule has 0 fully saturated rings. The summed E-state index contributed by atoms with van der Waals surface area (Å²) >= 11 is 7.21. The quantitative estimate of drug-likeness (QED) is 0.423. The first-order valence-corrected chi connectivity index (χ1v) is 10.8. The molecule has 2 N–H and O–H groups in total. The van der Waals surface area contributed by atoms with E-state index in [4.69, 9.17) is 21.1 Å². The summed E-state index contributed by atoms with van der Waals surface area (Å²) in [7, 11) is 3.05. The Balaban J connectivity index is 1.66. The third kappa shape index (κ3) is 5.93. The lowest BCUT2D eigenvalue weighted by Gasteiger charge is -2.12. The van der Waals surface area contributed by atoms with Crippen molar-refractivity contribution >= 4 is 46.6 Å². The maximum atomic E-state index is 13.2. The summed E-state index contributed by atoms with van der Waals surface area (Å²) in [6, 6.07) is 15.7. The first kappa shape index (κ1) is 23.4. The highest BCUT2D eigenvalue weighted by molar-refractivity contribution is 8.00. The van der Waals surface area contributed by atoms with Crippen LogP contribution in [-0.4, -0.2) is 31.8 Å². The molecule has 32 heavy (non-hydrogen) atoms. The number of carbonyl (C=O) groups excluding carboxylic acids is 2. The number of amides is 2. The van der Waals surface area contributed by atoms with Crippen LogP contribution in [-0.2, 0) is 4.79 Å². The van der Waals surface area contributed by atoms with Gasteiger partial charge in [0, 0.05) is 16.6 Å². The van der Waals surface area contributed by atoms with Crippen molar-refractivity contribution in [3.05, 3.63) is 77.1 Å². The van der Waals surface area contributed by atoms with E-state index in [1.54, 1.807) is 42.5 Å². The molecule has 0 aliphatic heterocycles. The molecule has 0 atom stereocenters. The molecule has 0 spiro atoms. The average Bonchev–Trinajstić information content (AvgIpc) is 2.79. The van der Waals surface area contributed by atoms with Crippen molar-refractivity contribution in [3.63, 3.8) is 0 Å². The number of benzene rings is 3. The Hall–Kier alpha value is -3.23. The molecule has 0 aliphatic carbocycles. The van der Waals surface area contributed by atoms with E-state index in [0.717, 1.165) is 6.07 Å². The summed E-state index contributed by atoms with van der Waals surface area (Å²) < 4.78 is 23.7. The molecule has 3 aromatic rings. The van der Waals surface area contributed by atoms with E-state index in [2.05, 4.69) is 10.6 Å². The van der Waals surface area contributed by atoms with Crippen LogP contribution in [0, 0.1) is 5.82 Å². The van der Waals surface area contributed by atoms with Crippen molar-refractivity contribution in [1.82, 2.24) is 0 Å². The summed E-state index contributed by atoms with van der Waals surface area (Å²) in [5.41, 5.74) is 1.23. The van der Waals surface area contributed by atoms with Gasteiger partial charge in [-0.3, -0.25) is 9.59 Å². The number of hydrogen-bond acceptors (Lipinski definition) is 5. The van der Waals surface area contributed by atoms with Crippen molar-refractivity contribution in [1.29, 1.82) is 0 Å². The first-order valence-electron chi connectivity index (χ1n) is 9.41. The number of thioether (sulfide) groups is 1. The lowest BCUT2D eigenvalue weighted by Crippen LogP contribution is -2.16. The highest BCUT2D eigenvalue weighted by atomic mass is 35.5. The Labute approximate surface area is 194 Å². The zero-order chi connectivity index (χ0) is 23.1. The molecule has 0 heterocycles. The fourth-order valence-corrected chi connectivity index (χ4v) is 3.88. The standard InChI is InChI=1S/C23H20ClFN2O4S/c1-30-19-10-8-15(12-20(19)31-2)26-22(28)13-32-21-6-4-3-5-16(21)23(29)27-18-9-7-14(25)11-17(18)24/h3-12H,13H2,1-2H3,(H,26,28)(H,27,29). The van der Waals surface area contributed by atoms with Crippen LogP contribution < -0.4 is 20.1 Å². The van der Waals surface area contributed by atoms with Gasteiger partial charge in [-0.1, -0.05) is 23.7 Å². The fraction of sp³-hybridized carbons (Fsp3) is 0.130. The number of nitrogens with one attached hydrogen (secondary N) is 2. The lowest BCUT2D eigenvalue weighted by molar-refractivity contribution is -0.113. The Morgan fingerprint density at radius 2 is 1.72 bits per heavy atom. The van der Waals surface area contributed by atoms with Crippen LogP contribution in [0.2, 0.25) is 5.02 Å². The normalized spacial score (nSPS) is 10.4. The van der Waals surface area contributed by atoms with Gasteiger partial charge in [-0.25, -0.2) is 4.39 Å². The first-order chi connectivity index (χ1) is 15.4. The number of carbonyl (C=O) groups is 2. The Morgan fingerprint density at radius 1 is 0.969 bits per heavy atom. The highest BCUT2D eigenvalue weighted by Gasteiger charge is 2.15. The van der Waals surface area contributed by atoms with Gasteiger partial charge in [0.25, 0.3) is 5.91 Å². The van der Waals surface area contributed by atoms with E-state index in [-0.39, 0.29) is 16.7 Å². The molecule has 0 aromatic heterocycles. The van der Waals surface area contributed by atoms with Gasteiger partial charge in [0.05, 0.1) is 36.2 Å². The van der Waals surface area contributed by atoms with Crippen LogP contribution in [0.4, 0.5) is 15.8 Å². The summed E-state index contributed by atoms with van der Waals surface area (Å²) in [5, 5.41) is 5.55. The number of methoxy groups -OCH3 is 2. The SMILES string of the molecule is COc1ccc(NC(=O)CSc2ccccc2C(=O)Nc2ccc(F)cc2Cl)cc1OC. The summed E-state index contributed by atoms with van der Waals surface area (Å²) in [4.78, 5) is 25.8. The predicted molar refractivity (Wildman–Crippen MR) is 125 cm³/mol. The molecule has 0 unspecified atom stereocenters. The van der Waals surface area contributed by atoms with Crippen molar-refractivity contribution in [2.75, 3.05) is 30.6 Å². The number of halogens is 2. The van der Waals surface area contributed by atoms with E-state index < -0.39 is 11.7 Å². The maximum Gasteiger partial charge on any atom is 0.256 e. The molecule has 9 heteroatoms. The third-order valence-electron chi connectivity index (χ3n) is 4.34. The van der Waals surface area contributed by atoms with Gasteiger partial charge in [0.15, 0.2) is 11.5 Å². The number of ether oxygens (including phenoxy) is 2. The molecule has 0 aliphatic rings. The van der Waals surface area contributed by atoms with Gasteiger partial charge in [-0.15, -0.1) is 11.8 Å². The van der Waals surface area contributed by atoms with Crippen LogP contribution in [0.5, 0.6) is 11.5 Å². The molecule has 0 bridgehead atoms. The second-order valence-electron chi connectivity index (χ2n) is 6.48. The van der Waals surface area contributed by atoms with Crippen LogP contribution in [0.1, 0.15) is 10.4 Å². The summed E-state index contributed by atoms with van der Waals surface area (Å²) in [5.74, 6) is -0.0264. The minimum absolute atomic E-state index is 0.0793. The van der Waals surface area contributed by atoms with Gasteiger partial charge in [0.1, 0.15) is 5.82 Å². The molecular weight excluding hydrogens is 455 g/mol. The minimum atomic E-state index is -0.496. The minimum Gasteiger partial charge on any atom is -0.493 e. The summed E-state index contributed by atoms with van der Waals surface area (Å²) in [6.45, 7) is 0. The molecule has 0 saturated carbocycles. The number of hydrogen-bond donors (Lipinski definition) is 2. The van der Waals surface area contributed by atoms with E-state index >= 15 is 0 Å². The van der Waals surface area contributed by atoms with Gasteiger partial charge in [-0.05, 0) is 42.5 Å². The Kier molecular flexibility index (Phi) is 7.97. The van der Waals surface area contributed by atoms with E-state index in [0.29, 0.717) is 33.3 Å². The second-order valence-corrected chi connectivity index (χ2v) is 7.91. The molecule has 0 saturated heterocycles. The third-order valence-corrected chi connectivity index (χ3v) is 5.72. The Morgan fingerprint density at radius 3 is 2.44 bits per heavy atom. The van der Waals surface area contributed by atoms with Crippen LogP contribution in [0.3, 0.4) is 0 Å². The van der Waals surface area contributed by atoms with Crippen molar-refractivity contribution in [3.8, 4) is 11.5 Å². The summed E-state index contributed by atoms with van der Waals surface area (Å²) in [6.07, 6.45) is 0. The average molecular weight is 475 g/mol. The molecule has 3 rings (SSSR count). The maximum absolute atomic E-state index is 13.2. The van der Waals surface area contributed by atoms with E-state index in [1.165, 1.54) is 38.1 Å². The highest BCUT2D eigenvalue weighted by Crippen LogP contribution is 2.30. The van der Waals surface area contributed by atoms with Crippen molar-refractivity contribution in [2.45, 2.75) is 4.90 Å². The Bertz CT molecular complexity index is 1140.